The van der Waals surface area contributed by atoms with Crippen molar-refractivity contribution in [2.24, 2.45) is 5.41 Å². The van der Waals surface area contributed by atoms with E-state index in [1.807, 2.05) is 6.92 Å². The van der Waals surface area contributed by atoms with E-state index in [-0.39, 0.29) is 27.2 Å². The number of anilines is 2. The number of rotatable bonds is 5. The van der Waals surface area contributed by atoms with Gasteiger partial charge < -0.3 is 15.4 Å². The quantitative estimate of drug-likeness (QED) is 0.585. The van der Waals surface area contributed by atoms with Gasteiger partial charge in [-0.25, -0.2) is 4.79 Å². The Morgan fingerprint density at radius 1 is 1.07 bits per heavy atom. The number of esters is 1. The molecule has 156 valence electrons. The standard InChI is InChI=1S/C20H22Cl2N2O4S/c1-10-11(2)29-17(24-19(27)20(3,4)5)15(10)18(26)28-9-14(25)23-16-12(21)7-6-8-13(16)22/h6-8H,9H2,1-5H3,(H,23,25)(H,24,27). The number of para-hydroxylation sites is 1. The third kappa shape index (κ3) is 5.72. The van der Waals surface area contributed by atoms with Crippen LogP contribution in [0.15, 0.2) is 18.2 Å². The first-order valence-corrected chi connectivity index (χ1v) is 10.3. The normalized spacial score (nSPS) is 11.1. The van der Waals surface area contributed by atoms with Gasteiger partial charge in [-0.3, -0.25) is 9.59 Å². The van der Waals surface area contributed by atoms with Crippen LogP contribution in [0.5, 0.6) is 0 Å². The second-order valence-corrected chi connectivity index (χ2v) is 9.45. The molecular formula is C20H22Cl2N2O4S. The van der Waals surface area contributed by atoms with Gasteiger partial charge in [0.1, 0.15) is 5.00 Å². The average Bonchev–Trinajstić information content (AvgIpc) is 2.89. The minimum absolute atomic E-state index is 0.223. The third-order valence-electron chi connectivity index (χ3n) is 4.06. The lowest BCUT2D eigenvalue weighted by Gasteiger charge is -2.17. The molecule has 1 aromatic carbocycles. The molecule has 29 heavy (non-hydrogen) atoms. The Hall–Kier alpha value is -2.09. The van der Waals surface area contributed by atoms with Gasteiger partial charge in [0.05, 0.1) is 21.3 Å². The van der Waals surface area contributed by atoms with Crippen molar-refractivity contribution in [3.63, 3.8) is 0 Å². The molecule has 6 nitrogen and oxygen atoms in total. The second kappa shape index (κ2) is 9.15. The summed E-state index contributed by atoms with van der Waals surface area (Å²) in [5, 5.41) is 6.25. The van der Waals surface area contributed by atoms with Crippen LogP contribution in [-0.2, 0) is 14.3 Å². The number of amides is 2. The first kappa shape index (κ1) is 23.2. The summed E-state index contributed by atoms with van der Waals surface area (Å²) < 4.78 is 5.16. The van der Waals surface area contributed by atoms with Crippen LogP contribution < -0.4 is 10.6 Å². The van der Waals surface area contributed by atoms with Crippen LogP contribution in [0.3, 0.4) is 0 Å². The molecule has 0 unspecified atom stereocenters. The fraction of sp³-hybridized carbons (Fsp3) is 0.350. The van der Waals surface area contributed by atoms with Crippen LogP contribution in [0.2, 0.25) is 10.0 Å². The van der Waals surface area contributed by atoms with E-state index in [4.69, 9.17) is 27.9 Å². The van der Waals surface area contributed by atoms with Gasteiger partial charge in [-0.2, -0.15) is 0 Å². The van der Waals surface area contributed by atoms with Gasteiger partial charge in [-0.15, -0.1) is 11.3 Å². The lowest BCUT2D eigenvalue weighted by atomic mass is 9.96. The molecular weight excluding hydrogens is 435 g/mol. The number of nitrogens with one attached hydrogen (secondary N) is 2. The van der Waals surface area contributed by atoms with Gasteiger partial charge in [0, 0.05) is 10.3 Å². The number of benzene rings is 1. The molecule has 0 aliphatic heterocycles. The van der Waals surface area contributed by atoms with Crippen LogP contribution in [0, 0.1) is 19.3 Å². The number of hydrogen-bond acceptors (Lipinski definition) is 5. The summed E-state index contributed by atoms with van der Waals surface area (Å²) in [6.07, 6.45) is 0. The van der Waals surface area contributed by atoms with Gasteiger partial charge in [-0.1, -0.05) is 50.0 Å². The smallest absolute Gasteiger partial charge is 0.341 e. The van der Waals surface area contributed by atoms with E-state index in [2.05, 4.69) is 10.6 Å². The zero-order valence-electron chi connectivity index (χ0n) is 16.7. The molecule has 1 heterocycles. The molecule has 0 aliphatic rings. The molecule has 0 spiro atoms. The molecule has 1 aromatic heterocycles. The summed E-state index contributed by atoms with van der Waals surface area (Å²) >= 11 is 13.3. The number of aryl methyl sites for hydroxylation is 1. The van der Waals surface area contributed by atoms with Gasteiger partial charge in [0.15, 0.2) is 6.61 Å². The minimum Gasteiger partial charge on any atom is -0.452 e. The zero-order valence-corrected chi connectivity index (χ0v) is 19.1. The molecule has 9 heteroatoms. The van der Waals surface area contributed by atoms with E-state index in [9.17, 15) is 14.4 Å². The topological polar surface area (TPSA) is 84.5 Å². The maximum atomic E-state index is 12.6. The third-order valence-corrected chi connectivity index (χ3v) is 5.81. The van der Waals surface area contributed by atoms with E-state index in [0.29, 0.717) is 10.6 Å². The van der Waals surface area contributed by atoms with Crippen molar-refractivity contribution in [1.29, 1.82) is 0 Å². The minimum atomic E-state index is -0.698. The lowest BCUT2D eigenvalue weighted by molar-refractivity contribution is -0.123. The van der Waals surface area contributed by atoms with Gasteiger partial charge >= 0.3 is 5.97 Å². The van der Waals surface area contributed by atoms with E-state index >= 15 is 0 Å². The van der Waals surface area contributed by atoms with Crippen molar-refractivity contribution in [3.8, 4) is 0 Å². The number of ether oxygens (including phenoxy) is 1. The molecule has 2 aromatic rings. The van der Waals surface area contributed by atoms with Gasteiger partial charge in [-0.05, 0) is 31.5 Å². The summed E-state index contributed by atoms with van der Waals surface area (Å²) in [5.74, 6) is -1.51. The summed E-state index contributed by atoms with van der Waals surface area (Å²) in [6, 6.07) is 4.81. The Bertz CT molecular complexity index is 944. The van der Waals surface area contributed by atoms with Gasteiger partial charge in [0.2, 0.25) is 5.91 Å². The van der Waals surface area contributed by atoms with Crippen molar-refractivity contribution in [2.75, 3.05) is 17.2 Å². The van der Waals surface area contributed by atoms with Crippen LogP contribution in [0.25, 0.3) is 0 Å². The summed E-state index contributed by atoms with van der Waals surface area (Å²) in [5.41, 5.74) is 0.561. The first-order chi connectivity index (χ1) is 13.4. The predicted octanol–water partition coefficient (Wildman–Crippen LogP) is 5.45. The maximum Gasteiger partial charge on any atom is 0.341 e. The van der Waals surface area contributed by atoms with E-state index < -0.39 is 23.9 Å². The molecule has 0 saturated carbocycles. The van der Waals surface area contributed by atoms with Crippen molar-refractivity contribution in [3.05, 3.63) is 44.2 Å². The highest BCUT2D eigenvalue weighted by molar-refractivity contribution is 7.16. The first-order valence-electron chi connectivity index (χ1n) is 8.74. The Labute approximate surface area is 183 Å². The molecule has 2 N–H and O–H groups in total. The number of hydrogen-bond donors (Lipinski definition) is 2. The van der Waals surface area contributed by atoms with Crippen molar-refractivity contribution in [2.45, 2.75) is 34.6 Å². The molecule has 0 radical (unpaired) electrons. The Kier molecular flexibility index (Phi) is 7.32. The number of halogens is 2. The van der Waals surface area contributed by atoms with Crippen LogP contribution in [0.1, 0.15) is 41.6 Å². The highest BCUT2D eigenvalue weighted by Crippen LogP contribution is 2.34. The second-order valence-electron chi connectivity index (χ2n) is 7.41. The SMILES string of the molecule is Cc1sc(NC(=O)C(C)(C)C)c(C(=O)OCC(=O)Nc2c(Cl)cccc2Cl)c1C. The van der Waals surface area contributed by atoms with Crippen molar-refractivity contribution < 1.29 is 19.1 Å². The van der Waals surface area contributed by atoms with Crippen molar-refractivity contribution >= 4 is 63.0 Å². The molecule has 0 atom stereocenters. The molecule has 0 aliphatic carbocycles. The fourth-order valence-electron chi connectivity index (χ4n) is 2.25. The van der Waals surface area contributed by atoms with Crippen LogP contribution in [-0.4, -0.2) is 24.4 Å². The lowest BCUT2D eigenvalue weighted by Crippen LogP contribution is -2.28. The fourth-order valence-corrected chi connectivity index (χ4v) is 3.78. The summed E-state index contributed by atoms with van der Waals surface area (Å²) in [7, 11) is 0. The Morgan fingerprint density at radius 2 is 1.66 bits per heavy atom. The highest BCUT2D eigenvalue weighted by atomic mass is 35.5. The number of carbonyl (C=O) groups is 3. The summed E-state index contributed by atoms with van der Waals surface area (Å²) in [6.45, 7) is 8.41. The summed E-state index contributed by atoms with van der Waals surface area (Å²) in [4.78, 5) is 38.0. The molecule has 2 rings (SSSR count). The average molecular weight is 457 g/mol. The highest BCUT2D eigenvalue weighted by Gasteiger charge is 2.27. The zero-order chi connectivity index (χ0) is 21.9. The largest absolute Gasteiger partial charge is 0.452 e. The van der Waals surface area contributed by atoms with Gasteiger partial charge in [0.25, 0.3) is 5.91 Å². The number of thiophene rings is 1. The Morgan fingerprint density at radius 3 is 2.21 bits per heavy atom. The monoisotopic (exact) mass is 456 g/mol. The predicted molar refractivity (Wildman–Crippen MR) is 117 cm³/mol. The maximum absolute atomic E-state index is 12.6. The molecule has 2 amide bonds. The number of carbonyl (C=O) groups excluding carboxylic acids is 3. The molecule has 0 saturated heterocycles. The van der Waals surface area contributed by atoms with E-state index in [1.165, 1.54) is 11.3 Å². The van der Waals surface area contributed by atoms with Crippen molar-refractivity contribution in [1.82, 2.24) is 0 Å². The molecule has 0 bridgehead atoms. The molecule has 0 fully saturated rings. The Balaban J connectivity index is 2.11. The van der Waals surface area contributed by atoms with E-state index in [0.717, 1.165) is 4.88 Å². The van der Waals surface area contributed by atoms with E-state index in [1.54, 1.807) is 45.9 Å². The van der Waals surface area contributed by atoms with Crippen LogP contribution >= 0.6 is 34.5 Å². The van der Waals surface area contributed by atoms with Crippen LogP contribution in [0.4, 0.5) is 10.7 Å².